The zero-order valence-corrected chi connectivity index (χ0v) is 17.2. The maximum absolute atomic E-state index is 12.8. The van der Waals surface area contributed by atoms with Crippen molar-refractivity contribution in [3.63, 3.8) is 0 Å². The number of carbonyl (C=O) groups excluding carboxylic acids is 1. The van der Waals surface area contributed by atoms with E-state index in [9.17, 15) is 4.79 Å². The van der Waals surface area contributed by atoms with Gasteiger partial charge in [0, 0.05) is 24.8 Å². The number of benzene rings is 1. The monoisotopic (exact) mass is 394 g/mol. The fourth-order valence-corrected chi connectivity index (χ4v) is 4.08. The molecule has 0 spiro atoms. The molecule has 1 N–H and O–H groups in total. The first-order valence-electron chi connectivity index (χ1n) is 10.8. The molecule has 1 aliphatic heterocycles. The van der Waals surface area contributed by atoms with Crippen LogP contribution in [0.1, 0.15) is 61.7 Å². The summed E-state index contributed by atoms with van der Waals surface area (Å²) in [4.78, 5) is 23.6. The van der Waals surface area contributed by atoms with Crippen LogP contribution in [0.3, 0.4) is 0 Å². The minimum absolute atomic E-state index is 0.0855. The van der Waals surface area contributed by atoms with E-state index in [0.29, 0.717) is 25.8 Å². The molecule has 1 saturated carbocycles. The number of ether oxygens (including phenoxy) is 1. The number of carbonyl (C=O) groups is 1. The molecule has 2 heterocycles. The summed E-state index contributed by atoms with van der Waals surface area (Å²) in [5.41, 5.74) is 4.01. The minimum atomic E-state index is -0.0855. The van der Waals surface area contributed by atoms with Gasteiger partial charge in [0.15, 0.2) is 0 Å². The second-order valence-electron chi connectivity index (χ2n) is 7.98. The van der Waals surface area contributed by atoms with E-state index in [1.54, 1.807) is 0 Å². The quantitative estimate of drug-likeness (QED) is 0.812. The van der Waals surface area contributed by atoms with Crippen LogP contribution in [0.4, 0.5) is 10.5 Å². The maximum atomic E-state index is 12.8. The van der Waals surface area contributed by atoms with Gasteiger partial charge in [0.05, 0.1) is 24.9 Å². The molecule has 0 bridgehead atoms. The molecule has 0 radical (unpaired) electrons. The Morgan fingerprint density at radius 3 is 2.97 bits per heavy atom. The second-order valence-corrected chi connectivity index (χ2v) is 7.98. The summed E-state index contributed by atoms with van der Waals surface area (Å²) in [5.74, 6) is 0.830. The molecule has 0 saturated heterocycles. The zero-order chi connectivity index (χ0) is 20.1. The Morgan fingerprint density at radius 1 is 1.28 bits per heavy atom. The third kappa shape index (κ3) is 5.12. The maximum Gasteiger partial charge on any atom is 0.322 e. The van der Waals surface area contributed by atoms with Crippen LogP contribution in [-0.4, -0.2) is 33.5 Å². The smallest absolute Gasteiger partial charge is 0.322 e. The molecule has 6 heteroatoms. The molecule has 6 nitrogen and oxygen atoms in total. The summed E-state index contributed by atoms with van der Waals surface area (Å²) in [6.07, 6.45) is 10.1. The van der Waals surface area contributed by atoms with E-state index in [1.165, 1.54) is 19.3 Å². The van der Waals surface area contributed by atoms with E-state index < -0.39 is 0 Å². The van der Waals surface area contributed by atoms with E-state index >= 15 is 0 Å². The third-order valence-corrected chi connectivity index (χ3v) is 5.82. The lowest BCUT2D eigenvalue weighted by molar-refractivity contribution is 0.0169. The van der Waals surface area contributed by atoms with Gasteiger partial charge in [-0.2, -0.15) is 0 Å². The standard InChI is InChI=1S/C23H30N4O2/c1-2-22-24-14-18-11-12-27(15-21(18)26-22)23(28)25-19-8-6-7-17(13-19)16-29-20-9-4-3-5-10-20/h6-8,13-14,20H,2-5,9-12,15-16H2,1H3,(H,25,28). The molecule has 154 valence electrons. The van der Waals surface area contributed by atoms with Crippen molar-refractivity contribution in [2.24, 2.45) is 0 Å². The SMILES string of the molecule is CCc1ncc2c(n1)CN(C(=O)Nc1cccc(COC3CCCCC3)c1)CC2. The highest BCUT2D eigenvalue weighted by molar-refractivity contribution is 5.89. The van der Waals surface area contributed by atoms with Crippen LogP contribution < -0.4 is 5.32 Å². The zero-order valence-electron chi connectivity index (χ0n) is 17.2. The molecule has 29 heavy (non-hydrogen) atoms. The summed E-state index contributed by atoms with van der Waals surface area (Å²) < 4.78 is 6.07. The number of aryl methyl sites for hydroxylation is 1. The van der Waals surface area contributed by atoms with Gasteiger partial charge in [0.25, 0.3) is 0 Å². The first kappa shape index (κ1) is 19.8. The average Bonchev–Trinajstić information content (AvgIpc) is 2.78. The predicted molar refractivity (Wildman–Crippen MR) is 113 cm³/mol. The lowest BCUT2D eigenvalue weighted by Crippen LogP contribution is -2.39. The van der Waals surface area contributed by atoms with Gasteiger partial charge in [-0.15, -0.1) is 0 Å². The molecule has 0 unspecified atom stereocenters. The average molecular weight is 395 g/mol. The van der Waals surface area contributed by atoms with Crippen molar-refractivity contribution in [2.45, 2.75) is 71.1 Å². The van der Waals surface area contributed by atoms with Crippen molar-refractivity contribution in [3.05, 3.63) is 53.1 Å². The fourth-order valence-electron chi connectivity index (χ4n) is 4.08. The number of nitrogens with zero attached hydrogens (tertiary/aromatic N) is 3. The Balaban J connectivity index is 1.34. The molecule has 2 aliphatic rings. The predicted octanol–water partition coefficient (Wildman–Crippen LogP) is 4.48. The Labute approximate surface area is 172 Å². The minimum Gasteiger partial charge on any atom is -0.374 e. The Kier molecular flexibility index (Phi) is 6.39. The number of anilines is 1. The van der Waals surface area contributed by atoms with Gasteiger partial charge in [0.2, 0.25) is 0 Å². The lowest BCUT2D eigenvalue weighted by Gasteiger charge is -2.28. The number of fused-ring (bicyclic) bond motifs is 1. The molecular formula is C23H30N4O2. The van der Waals surface area contributed by atoms with Crippen LogP contribution in [0.5, 0.6) is 0 Å². The largest absolute Gasteiger partial charge is 0.374 e. The Morgan fingerprint density at radius 2 is 2.14 bits per heavy atom. The number of urea groups is 1. The van der Waals surface area contributed by atoms with Gasteiger partial charge >= 0.3 is 6.03 Å². The number of hydrogen-bond donors (Lipinski definition) is 1. The van der Waals surface area contributed by atoms with Crippen LogP contribution in [0.15, 0.2) is 30.5 Å². The molecule has 2 aromatic rings. The van der Waals surface area contributed by atoms with E-state index in [4.69, 9.17) is 4.74 Å². The first-order valence-corrected chi connectivity index (χ1v) is 10.8. The number of amides is 2. The van der Waals surface area contributed by atoms with Crippen LogP contribution in [0, 0.1) is 0 Å². The molecule has 2 amide bonds. The van der Waals surface area contributed by atoms with Gasteiger partial charge in [-0.3, -0.25) is 0 Å². The molecule has 4 rings (SSSR count). The number of hydrogen-bond acceptors (Lipinski definition) is 4. The number of aromatic nitrogens is 2. The van der Waals surface area contributed by atoms with Crippen LogP contribution in [-0.2, 0) is 30.7 Å². The summed E-state index contributed by atoms with van der Waals surface area (Å²) in [6.45, 7) is 3.85. The first-order chi connectivity index (χ1) is 14.2. The summed E-state index contributed by atoms with van der Waals surface area (Å²) in [5, 5.41) is 3.04. The Bertz CT molecular complexity index is 849. The van der Waals surface area contributed by atoms with Crippen molar-refractivity contribution in [1.29, 1.82) is 0 Å². The fraction of sp³-hybridized carbons (Fsp3) is 0.522. The van der Waals surface area contributed by atoms with Gasteiger partial charge in [-0.1, -0.05) is 38.3 Å². The van der Waals surface area contributed by atoms with Crippen molar-refractivity contribution in [1.82, 2.24) is 14.9 Å². The van der Waals surface area contributed by atoms with Crippen LogP contribution >= 0.6 is 0 Å². The summed E-state index contributed by atoms with van der Waals surface area (Å²) in [7, 11) is 0. The van der Waals surface area contributed by atoms with Gasteiger partial charge < -0.3 is 15.0 Å². The normalized spacial score (nSPS) is 17.1. The number of nitrogens with one attached hydrogen (secondary N) is 1. The van der Waals surface area contributed by atoms with Crippen LogP contribution in [0.2, 0.25) is 0 Å². The van der Waals surface area contributed by atoms with Crippen molar-refractivity contribution in [2.75, 3.05) is 11.9 Å². The second kappa shape index (κ2) is 9.35. The molecule has 1 aromatic carbocycles. The van der Waals surface area contributed by atoms with Gasteiger partial charge in [-0.05, 0) is 42.5 Å². The van der Waals surface area contributed by atoms with Gasteiger partial charge in [0.1, 0.15) is 5.82 Å². The van der Waals surface area contributed by atoms with Crippen LogP contribution in [0.25, 0.3) is 0 Å². The molecule has 1 aromatic heterocycles. The molecule has 1 aliphatic carbocycles. The lowest BCUT2D eigenvalue weighted by atomic mass is 9.98. The Hall–Kier alpha value is -2.47. The van der Waals surface area contributed by atoms with Crippen molar-refractivity contribution in [3.8, 4) is 0 Å². The number of rotatable bonds is 5. The molecular weight excluding hydrogens is 364 g/mol. The summed E-state index contributed by atoms with van der Waals surface area (Å²) in [6, 6.07) is 7.88. The van der Waals surface area contributed by atoms with E-state index in [0.717, 1.165) is 54.0 Å². The van der Waals surface area contributed by atoms with Crippen molar-refractivity contribution < 1.29 is 9.53 Å². The highest BCUT2D eigenvalue weighted by Gasteiger charge is 2.22. The van der Waals surface area contributed by atoms with Gasteiger partial charge in [-0.25, -0.2) is 14.8 Å². The molecule has 0 atom stereocenters. The van der Waals surface area contributed by atoms with Crippen molar-refractivity contribution >= 4 is 11.7 Å². The van der Waals surface area contributed by atoms with E-state index in [-0.39, 0.29) is 6.03 Å². The molecule has 1 fully saturated rings. The van der Waals surface area contributed by atoms with E-state index in [2.05, 4.69) is 21.4 Å². The topological polar surface area (TPSA) is 67.4 Å². The third-order valence-electron chi connectivity index (χ3n) is 5.82. The highest BCUT2D eigenvalue weighted by Crippen LogP contribution is 2.22. The van der Waals surface area contributed by atoms with E-state index in [1.807, 2.05) is 36.2 Å². The highest BCUT2D eigenvalue weighted by atomic mass is 16.5. The summed E-state index contributed by atoms with van der Waals surface area (Å²) >= 11 is 0.